The van der Waals surface area contributed by atoms with E-state index in [1.807, 2.05) is 47.4 Å². The number of sulfonamides is 1. The van der Waals surface area contributed by atoms with Crippen molar-refractivity contribution in [2.45, 2.75) is 37.6 Å². The molecule has 4 rings (SSSR count). The number of likely N-dealkylation sites (tertiary alicyclic amines) is 1. The van der Waals surface area contributed by atoms with Crippen molar-refractivity contribution in [3.8, 4) is 11.1 Å². The first kappa shape index (κ1) is 21.3. The second kappa shape index (κ2) is 8.69. The van der Waals surface area contributed by atoms with Gasteiger partial charge in [-0.1, -0.05) is 54.1 Å². The predicted molar refractivity (Wildman–Crippen MR) is 120 cm³/mol. The molecule has 1 saturated heterocycles. The van der Waals surface area contributed by atoms with Gasteiger partial charge in [0.15, 0.2) is 0 Å². The van der Waals surface area contributed by atoms with Gasteiger partial charge in [0.25, 0.3) is 0 Å². The van der Waals surface area contributed by atoms with E-state index >= 15 is 0 Å². The Morgan fingerprint density at radius 1 is 1.07 bits per heavy atom. The highest BCUT2D eigenvalue weighted by molar-refractivity contribution is 7.88. The van der Waals surface area contributed by atoms with Crippen LogP contribution in [0, 0.1) is 5.92 Å². The molecular weight excluding hydrogens is 420 g/mol. The van der Waals surface area contributed by atoms with Crippen molar-refractivity contribution in [2.24, 2.45) is 5.92 Å². The average molecular weight is 447 g/mol. The number of nitrogens with one attached hydrogen (secondary N) is 1. The highest BCUT2D eigenvalue weighted by atomic mass is 35.5. The summed E-state index contributed by atoms with van der Waals surface area (Å²) in [5, 5.41) is 0.710. The van der Waals surface area contributed by atoms with Crippen molar-refractivity contribution in [3.63, 3.8) is 0 Å². The number of nitrogens with zero attached hydrogens (tertiary/aromatic N) is 1. The summed E-state index contributed by atoms with van der Waals surface area (Å²) in [6.07, 6.45) is 4.24. The Hall–Kier alpha value is -1.89. The van der Waals surface area contributed by atoms with Crippen molar-refractivity contribution in [2.75, 3.05) is 19.3 Å². The highest BCUT2D eigenvalue weighted by Gasteiger charge is 2.47. The molecule has 0 bridgehead atoms. The van der Waals surface area contributed by atoms with E-state index in [0.29, 0.717) is 24.5 Å². The Labute approximate surface area is 183 Å². The molecule has 2 aromatic carbocycles. The highest BCUT2D eigenvalue weighted by Crippen LogP contribution is 2.52. The van der Waals surface area contributed by atoms with Gasteiger partial charge >= 0.3 is 0 Å². The standard InChI is InChI=1S/C23H27ClN2O3S/c1-30(28,29)25-17-9-6-13-26(14-12-17)23(27)20-15-19(20)18-10-5-11-21(24)22(18)16-7-3-2-4-8-16/h2-5,7-8,10-11,17,19-20,25H,6,9,12-15H2,1H3. The second-order valence-electron chi connectivity index (χ2n) is 8.36. The molecule has 3 unspecified atom stereocenters. The fraction of sp³-hybridized carbons (Fsp3) is 0.435. The summed E-state index contributed by atoms with van der Waals surface area (Å²) in [7, 11) is -3.23. The van der Waals surface area contributed by atoms with Crippen LogP contribution in [-0.2, 0) is 14.8 Å². The fourth-order valence-electron chi connectivity index (χ4n) is 4.54. The van der Waals surface area contributed by atoms with Crippen LogP contribution in [0.3, 0.4) is 0 Å². The monoisotopic (exact) mass is 446 g/mol. The number of carbonyl (C=O) groups is 1. The van der Waals surface area contributed by atoms with E-state index in [1.54, 1.807) is 0 Å². The maximum absolute atomic E-state index is 13.2. The Balaban J connectivity index is 1.46. The zero-order valence-electron chi connectivity index (χ0n) is 17.1. The lowest BCUT2D eigenvalue weighted by molar-refractivity contribution is -0.132. The minimum Gasteiger partial charge on any atom is -0.342 e. The molecule has 0 aromatic heterocycles. The second-order valence-corrected chi connectivity index (χ2v) is 10.5. The third-order valence-corrected chi connectivity index (χ3v) is 7.11. The molecule has 3 atom stereocenters. The molecule has 1 amide bonds. The first-order chi connectivity index (χ1) is 14.3. The molecule has 2 aromatic rings. The molecule has 2 fully saturated rings. The zero-order chi connectivity index (χ0) is 21.3. The number of hydrogen-bond donors (Lipinski definition) is 1. The molecule has 1 heterocycles. The molecule has 1 saturated carbocycles. The van der Waals surface area contributed by atoms with Gasteiger partial charge < -0.3 is 4.90 Å². The van der Waals surface area contributed by atoms with E-state index in [-0.39, 0.29) is 23.8 Å². The lowest BCUT2D eigenvalue weighted by Gasteiger charge is -2.21. The van der Waals surface area contributed by atoms with Crippen LogP contribution in [-0.4, -0.2) is 44.6 Å². The Morgan fingerprint density at radius 3 is 2.57 bits per heavy atom. The van der Waals surface area contributed by atoms with Crippen LogP contribution in [0.5, 0.6) is 0 Å². The van der Waals surface area contributed by atoms with Crippen LogP contribution < -0.4 is 4.72 Å². The quantitative estimate of drug-likeness (QED) is 0.753. The lowest BCUT2D eigenvalue weighted by Crippen LogP contribution is -2.36. The smallest absolute Gasteiger partial charge is 0.226 e. The van der Waals surface area contributed by atoms with Gasteiger partial charge in [0.2, 0.25) is 15.9 Å². The van der Waals surface area contributed by atoms with E-state index in [1.165, 1.54) is 6.26 Å². The summed E-state index contributed by atoms with van der Waals surface area (Å²) in [6, 6.07) is 15.9. The normalized spacial score (nSPS) is 24.3. The molecule has 5 nitrogen and oxygen atoms in total. The molecular formula is C23H27ClN2O3S. The summed E-state index contributed by atoms with van der Waals surface area (Å²) in [5.41, 5.74) is 3.23. The molecule has 1 aliphatic heterocycles. The van der Waals surface area contributed by atoms with Crippen molar-refractivity contribution >= 4 is 27.5 Å². The predicted octanol–water partition coefficient (Wildman–Crippen LogP) is 4.04. The van der Waals surface area contributed by atoms with Gasteiger partial charge in [0.1, 0.15) is 0 Å². The maximum Gasteiger partial charge on any atom is 0.226 e. The molecule has 30 heavy (non-hydrogen) atoms. The van der Waals surface area contributed by atoms with Gasteiger partial charge in [-0.3, -0.25) is 4.79 Å². The van der Waals surface area contributed by atoms with E-state index in [4.69, 9.17) is 11.6 Å². The number of rotatable bonds is 5. The van der Waals surface area contributed by atoms with Gasteiger partial charge in [0, 0.05) is 35.6 Å². The third kappa shape index (κ3) is 4.88. The van der Waals surface area contributed by atoms with Gasteiger partial charge in [-0.25, -0.2) is 13.1 Å². The maximum atomic E-state index is 13.2. The van der Waals surface area contributed by atoms with Crippen LogP contribution in [0.25, 0.3) is 11.1 Å². The third-order valence-electron chi connectivity index (χ3n) is 6.04. The topological polar surface area (TPSA) is 66.5 Å². The van der Waals surface area contributed by atoms with Crippen molar-refractivity contribution in [1.29, 1.82) is 0 Å². The summed E-state index contributed by atoms with van der Waals surface area (Å²) >= 11 is 6.55. The molecule has 2 aliphatic rings. The van der Waals surface area contributed by atoms with Gasteiger partial charge in [-0.15, -0.1) is 0 Å². The Morgan fingerprint density at radius 2 is 1.83 bits per heavy atom. The zero-order valence-corrected chi connectivity index (χ0v) is 18.6. The van der Waals surface area contributed by atoms with E-state index in [0.717, 1.165) is 36.0 Å². The van der Waals surface area contributed by atoms with Crippen LogP contribution in [0.4, 0.5) is 0 Å². The lowest BCUT2D eigenvalue weighted by atomic mass is 9.95. The summed E-state index contributed by atoms with van der Waals surface area (Å²) in [6.45, 7) is 1.28. The molecule has 1 N–H and O–H groups in total. The largest absolute Gasteiger partial charge is 0.342 e. The van der Waals surface area contributed by atoms with Crippen LogP contribution in [0.2, 0.25) is 5.02 Å². The van der Waals surface area contributed by atoms with Crippen molar-refractivity contribution in [3.05, 3.63) is 59.1 Å². The molecule has 0 spiro atoms. The van der Waals surface area contributed by atoms with Crippen LogP contribution in [0.15, 0.2) is 48.5 Å². The summed E-state index contributed by atoms with van der Waals surface area (Å²) in [4.78, 5) is 15.1. The van der Waals surface area contributed by atoms with E-state index in [2.05, 4.69) is 10.8 Å². The molecule has 7 heteroatoms. The van der Waals surface area contributed by atoms with Gasteiger partial charge in [-0.05, 0) is 48.8 Å². The molecule has 1 aliphatic carbocycles. The number of hydrogen-bond acceptors (Lipinski definition) is 3. The number of halogens is 1. The minimum absolute atomic E-state index is 0.0228. The fourth-order valence-corrected chi connectivity index (χ4v) is 5.67. The SMILES string of the molecule is CS(=O)(=O)NC1CCCN(C(=O)C2CC2c2cccc(Cl)c2-c2ccccc2)CC1. The Kier molecular flexibility index (Phi) is 6.19. The van der Waals surface area contributed by atoms with E-state index < -0.39 is 10.0 Å². The number of carbonyl (C=O) groups excluding carboxylic acids is 1. The molecule has 160 valence electrons. The van der Waals surface area contributed by atoms with Crippen molar-refractivity contribution < 1.29 is 13.2 Å². The number of benzene rings is 2. The first-order valence-electron chi connectivity index (χ1n) is 10.4. The van der Waals surface area contributed by atoms with Crippen molar-refractivity contribution in [1.82, 2.24) is 9.62 Å². The minimum atomic E-state index is -3.23. The van der Waals surface area contributed by atoms with Crippen LogP contribution >= 0.6 is 11.6 Å². The summed E-state index contributed by atoms with van der Waals surface area (Å²) in [5.74, 6) is 0.337. The Bertz CT molecular complexity index is 1030. The van der Waals surface area contributed by atoms with Crippen LogP contribution in [0.1, 0.15) is 37.2 Å². The van der Waals surface area contributed by atoms with Gasteiger partial charge in [-0.2, -0.15) is 0 Å². The number of amides is 1. The first-order valence-corrected chi connectivity index (χ1v) is 12.7. The summed E-state index contributed by atoms with van der Waals surface area (Å²) < 4.78 is 25.7. The van der Waals surface area contributed by atoms with Gasteiger partial charge in [0.05, 0.1) is 6.26 Å². The van der Waals surface area contributed by atoms with E-state index in [9.17, 15) is 13.2 Å². The molecule has 0 radical (unpaired) electrons. The average Bonchev–Trinajstić information content (AvgIpc) is 3.51.